The highest BCUT2D eigenvalue weighted by atomic mass is 16.5. The Kier molecular flexibility index (Phi) is 4.50. The molecule has 0 aliphatic carbocycles. The zero-order valence-corrected chi connectivity index (χ0v) is 10.9. The van der Waals surface area contributed by atoms with Crippen LogP contribution in [0.25, 0.3) is 6.08 Å². The van der Waals surface area contributed by atoms with Crippen LogP contribution in [-0.4, -0.2) is 20.2 Å². The van der Waals surface area contributed by atoms with Gasteiger partial charge in [-0.2, -0.15) is 5.26 Å². The molecule has 0 saturated heterocycles. The van der Waals surface area contributed by atoms with Gasteiger partial charge in [0.1, 0.15) is 17.4 Å². The fourth-order valence-electron chi connectivity index (χ4n) is 1.59. The van der Waals surface area contributed by atoms with E-state index in [-0.39, 0.29) is 5.57 Å². The van der Waals surface area contributed by atoms with Crippen LogP contribution in [-0.2, 0) is 9.53 Å². The van der Waals surface area contributed by atoms with Gasteiger partial charge in [-0.25, -0.2) is 4.79 Å². The monoisotopic (exact) mass is 245 g/mol. The summed E-state index contributed by atoms with van der Waals surface area (Å²) in [6.45, 7) is 3.79. The number of hydrogen-bond donors (Lipinski definition) is 0. The van der Waals surface area contributed by atoms with E-state index in [1.54, 1.807) is 7.11 Å². The van der Waals surface area contributed by atoms with E-state index in [1.165, 1.54) is 13.2 Å². The van der Waals surface area contributed by atoms with E-state index < -0.39 is 5.97 Å². The molecule has 0 saturated carbocycles. The molecule has 0 aliphatic rings. The number of hydrogen-bond acceptors (Lipinski definition) is 4. The molecule has 0 radical (unpaired) electrons. The fourth-order valence-corrected chi connectivity index (χ4v) is 1.59. The van der Waals surface area contributed by atoms with E-state index >= 15 is 0 Å². The third-order valence-electron chi connectivity index (χ3n) is 2.61. The molecular weight excluding hydrogens is 230 g/mol. The first kappa shape index (κ1) is 13.8. The fraction of sp³-hybridized carbons (Fsp3) is 0.286. The van der Waals surface area contributed by atoms with Crippen LogP contribution in [0.15, 0.2) is 17.7 Å². The first-order chi connectivity index (χ1) is 8.53. The van der Waals surface area contributed by atoms with Crippen LogP contribution in [0.1, 0.15) is 16.7 Å². The Hall–Kier alpha value is -2.28. The van der Waals surface area contributed by atoms with Crippen LogP contribution < -0.4 is 4.74 Å². The molecule has 4 nitrogen and oxygen atoms in total. The van der Waals surface area contributed by atoms with Crippen molar-refractivity contribution in [1.29, 1.82) is 5.26 Å². The maximum Gasteiger partial charge on any atom is 0.348 e. The quantitative estimate of drug-likeness (QED) is 0.466. The molecule has 1 aromatic carbocycles. The van der Waals surface area contributed by atoms with Crippen LogP contribution >= 0.6 is 0 Å². The van der Waals surface area contributed by atoms with Gasteiger partial charge in [-0.05, 0) is 48.7 Å². The van der Waals surface area contributed by atoms with Crippen molar-refractivity contribution < 1.29 is 14.3 Å². The van der Waals surface area contributed by atoms with E-state index in [0.29, 0.717) is 0 Å². The standard InChI is InChI=1S/C14H15NO3/c1-9-6-13(17-3)10(2)5-11(9)7-12(8-15)14(16)18-4/h5-7H,1-4H3/b12-7+. The smallest absolute Gasteiger partial charge is 0.348 e. The Bertz CT molecular complexity index is 539. The van der Waals surface area contributed by atoms with Crippen LogP contribution in [0.5, 0.6) is 5.75 Å². The molecule has 0 amide bonds. The Morgan fingerprint density at radius 2 is 1.94 bits per heavy atom. The molecule has 0 aromatic heterocycles. The van der Waals surface area contributed by atoms with Gasteiger partial charge >= 0.3 is 5.97 Å². The summed E-state index contributed by atoms with van der Waals surface area (Å²) in [5.41, 5.74) is 2.64. The van der Waals surface area contributed by atoms with E-state index in [0.717, 1.165) is 22.4 Å². The zero-order chi connectivity index (χ0) is 13.7. The molecule has 94 valence electrons. The molecule has 0 atom stereocenters. The number of esters is 1. The molecule has 0 N–H and O–H groups in total. The first-order valence-electron chi connectivity index (χ1n) is 5.38. The molecule has 0 heterocycles. The number of rotatable bonds is 3. The topological polar surface area (TPSA) is 59.3 Å². The number of methoxy groups -OCH3 is 2. The highest BCUT2D eigenvalue weighted by Gasteiger charge is 2.10. The van der Waals surface area contributed by atoms with Crippen molar-refractivity contribution in [3.63, 3.8) is 0 Å². The minimum absolute atomic E-state index is 0.0230. The summed E-state index contributed by atoms with van der Waals surface area (Å²) in [5.74, 6) is 0.145. The van der Waals surface area contributed by atoms with Gasteiger partial charge in [0.05, 0.1) is 14.2 Å². The number of nitrogens with zero attached hydrogens (tertiary/aromatic N) is 1. The third-order valence-corrected chi connectivity index (χ3v) is 2.61. The summed E-state index contributed by atoms with van der Waals surface area (Å²) in [4.78, 5) is 11.3. The second kappa shape index (κ2) is 5.87. The second-order valence-corrected chi connectivity index (χ2v) is 3.84. The number of nitriles is 1. The Morgan fingerprint density at radius 1 is 1.28 bits per heavy atom. The van der Waals surface area contributed by atoms with Gasteiger partial charge in [-0.3, -0.25) is 0 Å². The maximum atomic E-state index is 11.3. The van der Waals surface area contributed by atoms with Crippen molar-refractivity contribution >= 4 is 12.0 Å². The van der Waals surface area contributed by atoms with Crippen LogP contribution in [0, 0.1) is 25.2 Å². The third kappa shape index (κ3) is 2.89. The largest absolute Gasteiger partial charge is 0.496 e. The maximum absolute atomic E-state index is 11.3. The second-order valence-electron chi connectivity index (χ2n) is 3.84. The minimum Gasteiger partial charge on any atom is -0.496 e. The van der Waals surface area contributed by atoms with Crippen molar-refractivity contribution in [2.24, 2.45) is 0 Å². The van der Waals surface area contributed by atoms with Crippen molar-refractivity contribution in [3.8, 4) is 11.8 Å². The summed E-state index contributed by atoms with van der Waals surface area (Å²) in [5, 5.41) is 8.91. The van der Waals surface area contributed by atoms with Crippen LogP contribution in [0.3, 0.4) is 0 Å². The van der Waals surface area contributed by atoms with Gasteiger partial charge < -0.3 is 9.47 Å². The lowest BCUT2D eigenvalue weighted by molar-refractivity contribution is -0.135. The Balaban J connectivity index is 3.27. The molecule has 4 heteroatoms. The summed E-state index contributed by atoms with van der Waals surface area (Å²) in [7, 11) is 2.85. The summed E-state index contributed by atoms with van der Waals surface area (Å²) >= 11 is 0. The van der Waals surface area contributed by atoms with Gasteiger partial charge in [-0.15, -0.1) is 0 Å². The molecule has 1 rings (SSSR count). The summed E-state index contributed by atoms with van der Waals surface area (Å²) in [6.07, 6.45) is 1.52. The van der Waals surface area contributed by atoms with E-state index in [9.17, 15) is 4.79 Å². The normalized spacial score (nSPS) is 10.7. The number of carbonyl (C=O) groups is 1. The van der Waals surface area contributed by atoms with E-state index in [4.69, 9.17) is 10.00 Å². The minimum atomic E-state index is -0.634. The highest BCUT2D eigenvalue weighted by Crippen LogP contribution is 2.24. The average molecular weight is 245 g/mol. The Morgan fingerprint density at radius 3 is 2.44 bits per heavy atom. The van der Waals surface area contributed by atoms with Crippen molar-refractivity contribution in [2.45, 2.75) is 13.8 Å². The Labute approximate surface area is 106 Å². The van der Waals surface area contributed by atoms with Crippen LogP contribution in [0.2, 0.25) is 0 Å². The predicted molar refractivity (Wildman–Crippen MR) is 68.1 cm³/mol. The van der Waals surface area contributed by atoms with Gasteiger partial charge in [0.25, 0.3) is 0 Å². The van der Waals surface area contributed by atoms with Gasteiger partial charge in [0, 0.05) is 0 Å². The molecule has 0 bridgehead atoms. The number of carbonyl (C=O) groups excluding carboxylic acids is 1. The van der Waals surface area contributed by atoms with Gasteiger partial charge in [0.15, 0.2) is 0 Å². The number of ether oxygens (including phenoxy) is 2. The molecule has 0 aliphatic heterocycles. The lowest BCUT2D eigenvalue weighted by Crippen LogP contribution is -2.03. The predicted octanol–water partition coefficient (Wildman–Crippen LogP) is 2.39. The van der Waals surface area contributed by atoms with Crippen molar-refractivity contribution in [1.82, 2.24) is 0 Å². The van der Waals surface area contributed by atoms with Crippen molar-refractivity contribution in [3.05, 3.63) is 34.4 Å². The summed E-state index contributed by atoms with van der Waals surface area (Å²) < 4.78 is 9.74. The molecule has 0 spiro atoms. The molecule has 18 heavy (non-hydrogen) atoms. The number of aryl methyl sites for hydroxylation is 2. The SMILES string of the molecule is COC(=O)/C(C#N)=C/c1cc(C)c(OC)cc1C. The van der Waals surface area contributed by atoms with Gasteiger partial charge in [-0.1, -0.05) is 0 Å². The average Bonchev–Trinajstić information content (AvgIpc) is 2.38. The molecule has 1 aromatic rings. The highest BCUT2D eigenvalue weighted by molar-refractivity contribution is 5.98. The lowest BCUT2D eigenvalue weighted by atomic mass is 10.0. The zero-order valence-electron chi connectivity index (χ0n) is 10.9. The van der Waals surface area contributed by atoms with Crippen LogP contribution in [0.4, 0.5) is 0 Å². The van der Waals surface area contributed by atoms with E-state index in [1.807, 2.05) is 32.0 Å². The molecular formula is C14H15NO3. The molecule has 0 unspecified atom stereocenters. The number of benzene rings is 1. The van der Waals surface area contributed by atoms with E-state index in [2.05, 4.69) is 4.74 Å². The molecule has 0 fully saturated rings. The lowest BCUT2D eigenvalue weighted by Gasteiger charge is -2.09. The van der Waals surface area contributed by atoms with Crippen molar-refractivity contribution in [2.75, 3.05) is 14.2 Å². The first-order valence-corrected chi connectivity index (χ1v) is 5.38. The van der Waals surface area contributed by atoms with Gasteiger partial charge in [0.2, 0.25) is 0 Å². The summed E-state index contributed by atoms with van der Waals surface area (Å²) in [6, 6.07) is 5.57.